The molecule has 0 aliphatic rings. The molecule has 0 saturated heterocycles. The van der Waals surface area contributed by atoms with Gasteiger partial charge in [-0.1, -0.05) is 37.6 Å². The molecule has 0 unspecified atom stereocenters. The molecular weight excluding hydrogens is 284 g/mol. The highest BCUT2D eigenvalue weighted by Gasteiger charge is 2.02. The molecule has 112 valence electrons. The average Bonchev–Trinajstić information content (AvgIpc) is 2.54. The Morgan fingerprint density at radius 1 is 0.857 bits per heavy atom. The van der Waals surface area contributed by atoms with Crippen LogP contribution >= 0.6 is 11.6 Å². The molecule has 0 radical (unpaired) electrons. The third-order valence-corrected chi connectivity index (χ3v) is 3.53. The Morgan fingerprint density at radius 2 is 1.48 bits per heavy atom. The normalized spacial score (nSPS) is 10.4. The van der Waals surface area contributed by atoms with Crippen LogP contribution in [-0.2, 0) is 12.5 Å². The summed E-state index contributed by atoms with van der Waals surface area (Å²) in [5, 5.41) is 0. The van der Waals surface area contributed by atoms with Crippen LogP contribution < -0.4 is 9.47 Å². The second-order valence-electron chi connectivity index (χ2n) is 4.86. The van der Waals surface area contributed by atoms with Gasteiger partial charge in [0.2, 0.25) is 0 Å². The predicted octanol–water partition coefficient (Wildman–Crippen LogP) is 5.18. The van der Waals surface area contributed by atoms with Crippen LogP contribution in [-0.4, -0.2) is 6.61 Å². The van der Waals surface area contributed by atoms with E-state index in [2.05, 4.69) is 6.92 Å². The highest BCUT2D eigenvalue weighted by atomic mass is 35.5. The fraction of sp³-hybridized carbons (Fsp3) is 0.333. The lowest BCUT2D eigenvalue weighted by molar-refractivity contribution is 0.298. The van der Waals surface area contributed by atoms with Gasteiger partial charge in [-0.3, -0.25) is 0 Å². The molecule has 0 fully saturated rings. The molecule has 2 rings (SSSR count). The van der Waals surface area contributed by atoms with Gasteiger partial charge in [0.15, 0.2) is 0 Å². The van der Waals surface area contributed by atoms with Gasteiger partial charge in [-0.15, -0.1) is 11.6 Å². The number of ether oxygens (including phenoxy) is 2. The molecule has 2 nitrogen and oxygen atoms in total. The molecule has 0 amide bonds. The van der Waals surface area contributed by atoms with Gasteiger partial charge in [0.25, 0.3) is 0 Å². The van der Waals surface area contributed by atoms with E-state index in [4.69, 9.17) is 21.1 Å². The van der Waals surface area contributed by atoms with Crippen molar-refractivity contribution in [1.82, 2.24) is 0 Å². The Balaban J connectivity index is 1.88. The summed E-state index contributed by atoms with van der Waals surface area (Å²) in [7, 11) is 0. The summed E-state index contributed by atoms with van der Waals surface area (Å²) in [6.45, 7) is 3.44. The minimum Gasteiger partial charge on any atom is -0.494 e. The molecule has 0 heterocycles. The number of hydrogen-bond acceptors (Lipinski definition) is 2. The smallest absolute Gasteiger partial charge is 0.120 e. The lowest BCUT2D eigenvalue weighted by Gasteiger charge is -2.10. The summed E-state index contributed by atoms with van der Waals surface area (Å²) in [5.74, 6) is 2.23. The third-order valence-electron chi connectivity index (χ3n) is 3.25. The van der Waals surface area contributed by atoms with Crippen molar-refractivity contribution in [3.63, 3.8) is 0 Å². The Hall–Kier alpha value is -1.67. The average molecular weight is 305 g/mol. The Morgan fingerprint density at radius 3 is 2.10 bits per heavy atom. The summed E-state index contributed by atoms with van der Waals surface area (Å²) in [4.78, 5) is 0. The van der Waals surface area contributed by atoms with Crippen molar-refractivity contribution < 1.29 is 9.47 Å². The van der Waals surface area contributed by atoms with E-state index in [1.807, 2.05) is 48.5 Å². The van der Waals surface area contributed by atoms with Crippen molar-refractivity contribution in [1.29, 1.82) is 0 Å². The molecule has 0 atom stereocenters. The van der Waals surface area contributed by atoms with E-state index in [-0.39, 0.29) is 0 Å². The monoisotopic (exact) mass is 304 g/mol. The van der Waals surface area contributed by atoms with E-state index in [0.717, 1.165) is 42.1 Å². The number of hydrogen-bond donors (Lipinski definition) is 0. The van der Waals surface area contributed by atoms with Crippen LogP contribution in [0.1, 0.15) is 30.9 Å². The summed E-state index contributed by atoms with van der Waals surface area (Å²) < 4.78 is 11.4. The van der Waals surface area contributed by atoms with Crippen molar-refractivity contribution in [2.24, 2.45) is 0 Å². The molecule has 2 aromatic rings. The summed E-state index contributed by atoms with van der Waals surface area (Å²) in [5.41, 5.74) is 2.23. The molecule has 21 heavy (non-hydrogen) atoms. The van der Waals surface area contributed by atoms with Crippen LogP contribution in [0.3, 0.4) is 0 Å². The minimum atomic E-state index is 0.504. The van der Waals surface area contributed by atoms with Gasteiger partial charge < -0.3 is 9.47 Å². The van der Waals surface area contributed by atoms with E-state index in [0.29, 0.717) is 12.5 Å². The number of alkyl halides is 1. The number of halogens is 1. The first-order chi connectivity index (χ1) is 10.3. The van der Waals surface area contributed by atoms with Crippen LogP contribution in [0, 0.1) is 0 Å². The van der Waals surface area contributed by atoms with Crippen molar-refractivity contribution in [3.8, 4) is 11.5 Å². The van der Waals surface area contributed by atoms with Crippen molar-refractivity contribution in [2.75, 3.05) is 6.61 Å². The quantitative estimate of drug-likeness (QED) is 0.494. The molecule has 0 N–H and O–H groups in total. The number of rotatable bonds is 8. The summed E-state index contributed by atoms with van der Waals surface area (Å²) in [6, 6.07) is 15.8. The van der Waals surface area contributed by atoms with Crippen LogP contribution in [0.5, 0.6) is 11.5 Å². The van der Waals surface area contributed by atoms with Crippen molar-refractivity contribution in [2.45, 2.75) is 32.3 Å². The third kappa shape index (κ3) is 4.98. The van der Waals surface area contributed by atoms with Crippen LogP contribution in [0.25, 0.3) is 0 Å². The molecule has 0 spiro atoms. The topological polar surface area (TPSA) is 18.5 Å². The van der Waals surface area contributed by atoms with Gasteiger partial charge in [-0.2, -0.15) is 0 Å². The van der Waals surface area contributed by atoms with Crippen LogP contribution in [0.2, 0.25) is 0 Å². The van der Waals surface area contributed by atoms with Gasteiger partial charge >= 0.3 is 0 Å². The molecule has 0 aromatic heterocycles. The standard InChI is InChI=1S/C18H21ClO2/c1-2-3-12-20-17-8-10-18(11-9-17)21-14-16-7-5-4-6-15(16)13-19/h4-11H,2-3,12-14H2,1H3. The van der Waals surface area contributed by atoms with Gasteiger partial charge in [0.1, 0.15) is 18.1 Å². The molecule has 3 heteroatoms. The van der Waals surface area contributed by atoms with Crippen LogP contribution in [0.15, 0.2) is 48.5 Å². The van der Waals surface area contributed by atoms with Crippen molar-refractivity contribution >= 4 is 11.6 Å². The van der Waals surface area contributed by atoms with Crippen molar-refractivity contribution in [3.05, 3.63) is 59.7 Å². The Labute approximate surface area is 131 Å². The molecule has 0 saturated carbocycles. The van der Waals surface area contributed by atoms with Gasteiger partial charge in [-0.05, 0) is 41.8 Å². The first-order valence-corrected chi connectivity index (χ1v) is 7.85. The Kier molecular flexibility index (Phi) is 6.42. The van der Waals surface area contributed by atoms with Gasteiger partial charge in [0, 0.05) is 5.88 Å². The maximum atomic E-state index is 5.92. The maximum absolute atomic E-state index is 5.92. The zero-order valence-electron chi connectivity index (χ0n) is 12.3. The first-order valence-electron chi connectivity index (χ1n) is 7.32. The number of benzene rings is 2. The highest BCUT2D eigenvalue weighted by Crippen LogP contribution is 2.20. The van der Waals surface area contributed by atoms with E-state index in [1.54, 1.807) is 0 Å². The van der Waals surface area contributed by atoms with Gasteiger partial charge in [-0.25, -0.2) is 0 Å². The molecule has 0 aliphatic carbocycles. The van der Waals surface area contributed by atoms with Gasteiger partial charge in [0.05, 0.1) is 6.61 Å². The maximum Gasteiger partial charge on any atom is 0.120 e. The molecular formula is C18H21ClO2. The van der Waals surface area contributed by atoms with Crippen LogP contribution in [0.4, 0.5) is 0 Å². The summed E-state index contributed by atoms with van der Waals surface area (Å²) >= 11 is 5.92. The minimum absolute atomic E-state index is 0.504. The van der Waals surface area contributed by atoms with E-state index in [1.165, 1.54) is 0 Å². The molecule has 0 bridgehead atoms. The fourth-order valence-corrected chi connectivity index (χ4v) is 2.22. The fourth-order valence-electron chi connectivity index (χ4n) is 1.96. The lowest BCUT2D eigenvalue weighted by Crippen LogP contribution is -1.99. The second-order valence-corrected chi connectivity index (χ2v) is 5.13. The van der Waals surface area contributed by atoms with E-state index >= 15 is 0 Å². The van der Waals surface area contributed by atoms with E-state index < -0.39 is 0 Å². The molecule has 0 aliphatic heterocycles. The zero-order valence-corrected chi connectivity index (χ0v) is 13.1. The Bertz CT molecular complexity index is 537. The SMILES string of the molecule is CCCCOc1ccc(OCc2ccccc2CCl)cc1. The number of unbranched alkanes of at least 4 members (excludes halogenated alkanes) is 1. The first kappa shape index (κ1) is 15.7. The second kappa shape index (κ2) is 8.58. The lowest BCUT2D eigenvalue weighted by atomic mass is 10.1. The predicted molar refractivity (Wildman–Crippen MR) is 87.2 cm³/mol. The summed E-state index contributed by atoms with van der Waals surface area (Å²) in [6.07, 6.45) is 2.22. The van der Waals surface area contributed by atoms with E-state index in [9.17, 15) is 0 Å². The highest BCUT2D eigenvalue weighted by molar-refractivity contribution is 6.17. The largest absolute Gasteiger partial charge is 0.494 e. The molecule has 2 aromatic carbocycles. The zero-order chi connectivity index (χ0) is 14.9.